The van der Waals surface area contributed by atoms with Gasteiger partial charge in [0.15, 0.2) is 11.5 Å². The summed E-state index contributed by atoms with van der Waals surface area (Å²) >= 11 is 5.67. The van der Waals surface area contributed by atoms with Gasteiger partial charge in [0.2, 0.25) is 5.88 Å². The first-order valence-electron chi connectivity index (χ1n) is 5.06. The van der Waals surface area contributed by atoms with Crippen LogP contribution in [0, 0.1) is 0 Å². The smallest absolute Gasteiger partial charge is 0.417 e. The third-order valence-electron chi connectivity index (χ3n) is 2.23. The molecule has 19 heavy (non-hydrogen) atoms. The number of hydrogen-bond acceptors (Lipinski definition) is 3. The van der Waals surface area contributed by atoms with E-state index in [1.165, 1.54) is 18.2 Å². The summed E-state index contributed by atoms with van der Waals surface area (Å²) in [5.74, 6) is -0.365. The molecule has 0 aliphatic rings. The monoisotopic (exact) mass is 289 g/mol. The number of halogens is 4. The first kappa shape index (κ1) is 13.5. The Morgan fingerprint density at radius 2 is 1.89 bits per heavy atom. The van der Waals surface area contributed by atoms with Crippen LogP contribution in [0.15, 0.2) is 36.5 Å². The SMILES string of the molecule is Oc1c(Cl)cccc1Oc1ccc(C(F)(F)F)cn1. The number of aromatic hydroxyl groups is 1. The Kier molecular flexibility index (Phi) is 3.53. The van der Waals surface area contributed by atoms with Gasteiger partial charge in [-0.25, -0.2) is 4.98 Å². The topological polar surface area (TPSA) is 42.4 Å². The number of alkyl halides is 3. The zero-order valence-corrected chi connectivity index (χ0v) is 10.0. The number of phenols is 1. The molecule has 2 aromatic rings. The highest BCUT2D eigenvalue weighted by molar-refractivity contribution is 6.32. The van der Waals surface area contributed by atoms with Crippen molar-refractivity contribution in [1.82, 2.24) is 4.98 Å². The number of nitrogens with zero attached hydrogens (tertiary/aromatic N) is 1. The predicted octanol–water partition coefficient (Wildman–Crippen LogP) is 4.25. The molecule has 0 saturated carbocycles. The molecule has 0 saturated heterocycles. The van der Waals surface area contributed by atoms with E-state index in [1.807, 2.05) is 0 Å². The number of aromatic nitrogens is 1. The maximum atomic E-state index is 12.3. The van der Waals surface area contributed by atoms with Crippen LogP contribution >= 0.6 is 11.6 Å². The van der Waals surface area contributed by atoms with Gasteiger partial charge in [-0.15, -0.1) is 0 Å². The normalized spacial score (nSPS) is 11.4. The molecule has 0 aliphatic heterocycles. The summed E-state index contributed by atoms with van der Waals surface area (Å²) in [6.45, 7) is 0. The van der Waals surface area contributed by atoms with E-state index in [1.54, 1.807) is 0 Å². The Morgan fingerprint density at radius 3 is 2.47 bits per heavy atom. The van der Waals surface area contributed by atoms with Crippen LogP contribution in [0.3, 0.4) is 0 Å². The molecule has 1 aromatic carbocycles. The molecule has 0 atom stereocenters. The van der Waals surface area contributed by atoms with Gasteiger partial charge >= 0.3 is 6.18 Å². The number of para-hydroxylation sites is 1. The lowest BCUT2D eigenvalue weighted by molar-refractivity contribution is -0.137. The fraction of sp³-hybridized carbons (Fsp3) is 0.0833. The molecule has 0 fully saturated rings. The van der Waals surface area contributed by atoms with Crippen molar-refractivity contribution in [2.75, 3.05) is 0 Å². The van der Waals surface area contributed by atoms with Crippen LogP contribution in [-0.2, 0) is 6.18 Å². The summed E-state index contributed by atoms with van der Waals surface area (Å²) in [7, 11) is 0. The maximum absolute atomic E-state index is 12.3. The second-order valence-electron chi connectivity index (χ2n) is 3.57. The number of hydrogen-bond donors (Lipinski definition) is 1. The summed E-state index contributed by atoms with van der Waals surface area (Å²) in [5.41, 5.74) is -0.879. The third kappa shape index (κ3) is 3.08. The van der Waals surface area contributed by atoms with Gasteiger partial charge in [-0.3, -0.25) is 0 Å². The molecular weight excluding hydrogens is 283 g/mol. The lowest BCUT2D eigenvalue weighted by Gasteiger charge is -2.09. The molecule has 0 bridgehead atoms. The van der Waals surface area contributed by atoms with Crippen LogP contribution in [0.2, 0.25) is 5.02 Å². The Bertz CT molecular complexity index is 585. The summed E-state index contributed by atoms with van der Waals surface area (Å²) < 4.78 is 42.1. The van der Waals surface area contributed by atoms with Crippen LogP contribution in [-0.4, -0.2) is 10.1 Å². The Labute approximate surface area is 111 Å². The van der Waals surface area contributed by atoms with Gasteiger partial charge in [-0.2, -0.15) is 13.2 Å². The second kappa shape index (κ2) is 4.97. The molecule has 1 aromatic heterocycles. The van der Waals surface area contributed by atoms with E-state index in [4.69, 9.17) is 16.3 Å². The van der Waals surface area contributed by atoms with E-state index >= 15 is 0 Å². The quantitative estimate of drug-likeness (QED) is 0.898. The molecule has 0 amide bonds. The van der Waals surface area contributed by atoms with Gasteiger partial charge in [-0.05, 0) is 18.2 Å². The van der Waals surface area contributed by atoms with Crippen molar-refractivity contribution in [3.8, 4) is 17.4 Å². The number of pyridine rings is 1. The highest BCUT2D eigenvalue weighted by Gasteiger charge is 2.30. The third-order valence-corrected chi connectivity index (χ3v) is 2.53. The Balaban J connectivity index is 2.23. The molecule has 0 unspecified atom stereocenters. The molecule has 0 aliphatic carbocycles. The highest BCUT2D eigenvalue weighted by atomic mass is 35.5. The highest BCUT2D eigenvalue weighted by Crippen LogP contribution is 2.36. The van der Waals surface area contributed by atoms with E-state index in [0.717, 1.165) is 12.1 Å². The van der Waals surface area contributed by atoms with Crippen molar-refractivity contribution in [3.63, 3.8) is 0 Å². The fourth-order valence-corrected chi connectivity index (χ4v) is 1.46. The Morgan fingerprint density at radius 1 is 1.16 bits per heavy atom. The van der Waals surface area contributed by atoms with Crippen LogP contribution in [0.4, 0.5) is 13.2 Å². The van der Waals surface area contributed by atoms with Crippen LogP contribution in [0.1, 0.15) is 5.56 Å². The Hall–Kier alpha value is -1.95. The van der Waals surface area contributed by atoms with Gasteiger partial charge in [0.1, 0.15) is 0 Å². The molecule has 0 radical (unpaired) electrons. The summed E-state index contributed by atoms with van der Waals surface area (Å²) in [6, 6.07) is 6.29. The lowest BCUT2D eigenvalue weighted by atomic mass is 10.3. The molecule has 1 N–H and O–H groups in total. The minimum atomic E-state index is -4.45. The van der Waals surface area contributed by atoms with Crippen LogP contribution in [0.5, 0.6) is 17.4 Å². The minimum absolute atomic E-state index is 0.0137. The van der Waals surface area contributed by atoms with Gasteiger partial charge in [-0.1, -0.05) is 17.7 Å². The minimum Gasteiger partial charge on any atom is -0.503 e. The maximum Gasteiger partial charge on any atom is 0.417 e. The van der Waals surface area contributed by atoms with E-state index in [0.29, 0.717) is 6.20 Å². The van der Waals surface area contributed by atoms with Crippen molar-refractivity contribution in [2.24, 2.45) is 0 Å². The van der Waals surface area contributed by atoms with Gasteiger partial charge in [0, 0.05) is 12.3 Å². The van der Waals surface area contributed by atoms with Gasteiger partial charge in [0.05, 0.1) is 10.6 Å². The van der Waals surface area contributed by atoms with Crippen molar-refractivity contribution in [1.29, 1.82) is 0 Å². The molecule has 7 heteroatoms. The average molecular weight is 290 g/mol. The lowest BCUT2D eigenvalue weighted by Crippen LogP contribution is -2.05. The molecule has 3 nitrogen and oxygen atoms in total. The molecular formula is C12H7ClF3NO2. The van der Waals surface area contributed by atoms with Crippen molar-refractivity contribution in [3.05, 3.63) is 47.1 Å². The number of phenolic OH excluding ortho intramolecular Hbond substituents is 1. The fourth-order valence-electron chi connectivity index (χ4n) is 1.30. The molecule has 1 heterocycles. The molecule has 100 valence electrons. The van der Waals surface area contributed by atoms with E-state index < -0.39 is 11.7 Å². The standard InChI is InChI=1S/C12H7ClF3NO2/c13-8-2-1-3-9(11(8)18)19-10-5-4-7(6-17-10)12(14,15)16/h1-6,18H. The molecule has 2 rings (SSSR count). The first-order valence-corrected chi connectivity index (χ1v) is 5.44. The predicted molar refractivity (Wildman–Crippen MR) is 62.4 cm³/mol. The average Bonchev–Trinajstić information content (AvgIpc) is 2.35. The molecule has 0 spiro atoms. The number of rotatable bonds is 2. The van der Waals surface area contributed by atoms with E-state index in [2.05, 4.69) is 4.98 Å². The summed E-state index contributed by atoms with van der Waals surface area (Å²) in [5, 5.41) is 9.65. The summed E-state index contributed by atoms with van der Waals surface area (Å²) in [6.07, 6.45) is -3.80. The number of benzene rings is 1. The van der Waals surface area contributed by atoms with Gasteiger partial charge < -0.3 is 9.84 Å². The zero-order chi connectivity index (χ0) is 14.0. The van der Waals surface area contributed by atoms with Crippen LogP contribution < -0.4 is 4.74 Å². The van der Waals surface area contributed by atoms with E-state index in [9.17, 15) is 18.3 Å². The van der Waals surface area contributed by atoms with Gasteiger partial charge in [0.25, 0.3) is 0 Å². The first-order chi connectivity index (χ1) is 8.88. The largest absolute Gasteiger partial charge is 0.503 e. The number of ether oxygens (including phenoxy) is 1. The van der Waals surface area contributed by atoms with Crippen molar-refractivity contribution in [2.45, 2.75) is 6.18 Å². The van der Waals surface area contributed by atoms with Crippen molar-refractivity contribution < 1.29 is 23.0 Å². The summed E-state index contributed by atoms with van der Waals surface area (Å²) in [4.78, 5) is 3.51. The van der Waals surface area contributed by atoms with Crippen LogP contribution in [0.25, 0.3) is 0 Å². The van der Waals surface area contributed by atoms with Crippen molar-refractivity contribution >= 4 is 11.6 Å². The second-order valence-corrected chi connectivity index (χ2v) is 3.98. The van der Waals surface area contributed by atoms with E-state index in [-0.39, 0.29) is 22.4 Å². The zero-order valence-electron chi connectivity index (χ0n) is 9.28.